The van der Waals surface area contributed by atoms with Crippen LogP contribution in [0.2, 0.25) is 0 Å². The van der Waals surface area contributed by atoms with Crippen LogP contribution in [0.15, 0.2) is 18.2 Å². The minimum Gasteiger partial charge on any atom is -0.360 e. The van der Waals surface area contributed by atoms with E-state index in [0.29, 0.717) is 0 Å². The molecule has 0 radical (unpaired) electrons. The Hall–Kier alpha value is -0.860. The first kappa shape index (κ1) is 13.1. The Bertz CT molecular complexity index is 457. The van der Waals surface area contributed by atoms with Crippen LogP contribution in [-0.4, -0.2) is 23.8 Å². The van der Waals surface area contributed by atoms with Crippen LogP contribution < -0.4 is 0 Å². The van der Waals surface area contributed by atoms with Crippen molar-refractivity contribution >= 4 is 0 Å². The molecule has 0 amide bonds. The van der Waals surface area contributed by atoms with Crippen molar-refractivity contribution in [1.29, 1.82) is 0 Å². The normalized spacial score (nSPS) is 20.4. The van der Waals surface area contributed by atoms with Gasteiger partial charge in [-0.1, -0.05) is 18.2 Å². The lowest BCUT2D eigenvalue weighted by atomic mass is 9.96. The van der Waals surface area contributed by atoms with Crippen molar-refractivity contribution in [1.82, 2.24) is 4.90 Å². The monoisotopic (exact) mass is 259 g/mol. The molecule has 0 aromatic heterocycles. The lowest BCUT2D eigenvalue weighted by molar-refractivity contribution is -0.0674. The third-order valence-corrected chi connectivity index (χ3v) is 4.05. The number of hydrogen-bond acceptors (Lipinski definition) is 2. The number of benzene rings is 1. The molecule has 2 aliphatic rings. The molecule has 0 unspecified atom stereocenters. The van der Waals surface area contributed by atoms with Crippen molar-refractivity contribution in [2.45, 2.75) is 58.1 Å². The van der Waals surface area contributed by atoms with Crippen LogP contribution in [0.5, 0.6) is 0 Å². The molecule has 1 aliphatic heterocycles. The summed E-state index contributed by atoms with van der Waals surface area (Å²) in [6.45, 7) is 9.27. The second-order valence-electron chi connectivity index (χ2n) is 6.99. The Kier molecular flexibility index (Phi) is 3.40. The second-order valence-corrected chi connectivity index (χ2v) is 6.99. The van der Waals surface area contributed by atoms with Crippen molar-refractivity contribution in [3.63, 3.8) is 0 Å². The summed E-state index contributed by atoms with van der Waals surface area (Å²) in [4.78, 5) is 2.42. The molecule has 3 rings (SSSR count). The van der Waals surface area contributed by atoms with Crippen LogP contribution >= 0.6 is 0 Å². The Morgan fingerprint density at radius 2 is 2.00 bits per heavy atom. The van der Waals surface area contributed by atoms with Crippen LogP contribution in [-0.2, 0) is 17.7 Å². The van der Waals surface area contributed by atoms with E-state index in [0.717, 1.165) is 32.2 Å². The van der Waals surface area contributed by atoms with Gasteiger partial charge in [-0.3, -0.25) is 4.90 Å². The Balaban J connectivity index is 1.66. The van der Waals surface area contributed by atoms with Crippen molar-refractivity contribution in [3.8, 4) is 0 Å². The zero-order valence-corrected chi connectivity index (χ0v) is 12.4. The molecule has 1 heterocycles. The van der Waals surface area contributed by atoms with Gasteiger partial charge in [-0.2, -0.15) is 0 Å². The van der Waals surface area contributed by atoms with Crippen molar-refractivity contribution < 1.29 is 4.74 Å². The predicted molar refractivity (Wildman–Crippen MR) is 78.2 cm³/mol. The standard InChI is InChI=1S/C17H25NO/c1-17(2,3)19-12-18-9-8-14-6-7-15(13-4-5-13)10-16(14)11-18/h6-7,10,13H,4-5,8-9,11-12H2,1-3H3. The van der Waals surface area contributed by atoms with E-state index in [2.05, 4.69) is 43.9 Å². The smallest absolute Gasteiger partial charge is 0.1000 e. The summed E-state index contributed by atoms with van der Waals surface area (Å²) >= 11 is 0. The van der Waals surface area contributed by atoms with E-state index in [4.69, 9.17) is 4.74 Å². The summed E-state index contributed by atoms with van der Waals surface area (Å²) in [6, 6.07) is 7.14. The molecule has 0 spiro atoms. The molecule has 2 heteroatoms. The molecule has 0 bridgehead atoms. The van der Waals surface area contributed by atoms with E-state index in [1.165, 1.54) is 24.0 Å². The van der Waals surface area contributed by atoms with E-state index in [1.54, 1.807) is 5.56 Å². The van der Waals surface area contributed by atoms with Crippen LogP contribution in [0.3, 0.4) is 0 Å². The number of ether oxygens (including phenoxy) is 1. The Morgan fingerprint density at radius 1 is 1.21 bits per heavy atom. The topological polar surface area (TPSA) is 12.5 Å². The zero-order valence-electron chi connectivity index (χ0n) is 12.4. The van der Waals surface area contributed by atoms with Gasteiger partial charge in [0.1, 0.15) is 0 Å². The summed E-state index contributed by atoms with van der Waals surface area (Å²) in [5.74, 6) is 0.853. The van der Waals surface area contributed by atoms with Gasteiger partial charge in [0.25, 0.3) is 0 Å². The first-order valence-corrected chi connectivity index (χ1v) is 7.49. The number of fused-ring (bicyclic) bond motifs is 1. The SMILES string of the molecule is CC(C)(C)OCN1CCc2ccc(C3CC3)cc2C1. The van der Waals surface area contributed by atoms with E-state index >= 15 is 0 Å². The predicted octanol–water partition coefficient (Wildman–Crippen LogP) is 3.69. The summed E-state index contributed by atoms with van der Waals surface area (Å²) < 4.78 is 5.90. The highest BCUT2D eigenvalue weighted by atomic mass is 16.5. The maximum absolute atomic E-state index is 5.90. The van der Waals surface area contributed by atoms with Gasteiger partial charge >= 0.3 is 0 Å². The fourth-order valence-electron chi connectivity index (χ4n) is 2.70. The molecule has 1 saturated carbocycles. The summed E-state index contributed by atoms with van der Waals surface area (Å²) in [5.41, 5.74) is 4.57. The Morgan fingerprint density at radius 3 is 2.68 bits per heavy atom. The molecule has 1 aliphatic carbocycles. The molecule has 1 fully saturated rings. The van der Waals surface area contributed by atoms with Crippen molar-refractivity contribution in [2.75, 3.05) is 13.3 Å². The highest BCUT2D eigenvalue weighted by molar-refractivity contribution is 5.36. The molecule has 0 N–H and O–H groups in total. The van der Waals surface area contributed by atoms with Gasteiger partial charge in [0, 0.05) is 13.1 Å². The summed E-state index contributed by atoms with van der Waals surface area (Å²) in [7, 11) is 0. The fourth-order valence-corrected chi connectivity index (χ4v) is 2.70. The minimum absolute atomic E-state index is 0.0455. The molecule has 104 valence electrons. The molecular formula is C17H25NO. The molecule has 1 aromatic rings. The quantitative estimate of drug-likeness (QED) is 0.820. The van der Waals surface area contributed by atoms with E-state index in [1.807, 2.05) is 0 Å². The van der Waals surface area contributed by atoms with Crippen molar-refractivity contribution in [2.24, 2.45) is 0 Å². The van der Waals surface area contributed by atoms with E-state index < -0.39 is 0 Å². The molecule has 19 heavy (non-hydrogen) atoms. The largest absolute Gasteiger partial charge is 0.360 e. The maximum Gasteiger partial charge on any atom is 0.1000 e. The van der Waals surface area contributed by atoms with Gasteiger partial charge in [0.2, 0.25) is 0 Å². The molecule has 0 atom stereocenters. The van der Waals surface area contributed by atoms with Gasteiger partial charge in [-0.25, -0.2) is 0 Å². The van der Waals surface area contributed by atoms with Gasteiger partial charge in [-0.15, -0.1) is 0 Å². The van der Waals surface area contributed by atoms with E-state index in [-0.39, 0.29) is 5.60 Å². The average Bonchev–Trinajstić information content (AvgIpc) is 3.19. The van der Waals surface area contributed by atoms with Gasteiger partial charge in [-0.05, 0) is 62.6 Å². The molecular weight excluding hydrogens is 234 g/mol. The second kappa shape index (κ2) is 4.92. The van der Waals surface area contributed by atoms with Gasteiger partial charge in [0.15, 0.2) is 0 Å². The third kappa shape index (κ3) is 3.37. The first-order chi connectivity index (χ1) is 9.01. The fraction of sp³-hybridized carbons (Fsp3) is 0.647. The molecule has 2 nitrogen and oxygen atoms in total. The third-order valence-electron chi connectivity index (χ3n) is 4.05. The molecule has 1 aromatic carbocycles. The van der Waals surface area contributed by atoms with Crippen LogP contribution in [0.1, 0.15) is 56.2 Å². The van der Waals surface area contributed by atoms with Crippen LogP contribution in [0.4, 0.5) is 0 Å². The zero-order chi connectivity index (χ0) is 13.5. The lowest BCUT2D eigenvalue weighted by Crippen LogP contribution is -2.36. The highest BCUT2D eigenvalue weighted by Crippen LogP contribution is 2.41. The lowest BCUT2D eigenvalue weighted by Gasteiger charge is -2.31. The summed E-state index contributed by atoms with van der Waals surface area (Å²) in [5, 5.41) is 0. The minimum atomic E-state index is -0.0455. The van der Waals surface area contributed by atoms with E-state index in [9.17, 15) is 0 Å². The maximum atomic E-state index is 5.90. The van der Waals surface area contributed by atoms with Crippen LogP contribution in [0, 0.1) is 0 Å². The number of hydrogen-bond donors (Lipinski definition) is 0. The van der Waals surface area contributed by atoms with Crippen LogP contribution in [0.25, 0.3) is 0 Å². The highest BCUT2D eigenvalue weighted by Gasteiger charge is 2.25. The Labute approximate surface area is 116 Å². The first-order valence-electron chi connectivity index (χ1n) is 7.49. The molecule has 0 saturated heterocycles. The number of nitrogens with zero attached hydrogens (tertiary/aromatic N) is 1. The van der Waals surface area contributed by atoms with Gasteiger partial charge < -0.3 is 4.74 Å². The van der Waals surface area contributed by atoms with Crippen molar-refractivity contribution in [3.05, 3.63) is 34.9 Å². The summed E-state index contributed by atoms with van der Waals surface area (Å²) in [6.07, 6.45) is 3.93. The average molecular weight is 259 g/mol. The van der Waals surface area contributed by atoms with Gasteiger partial charge in [0.05, 0.1) is 12.3 Å². The number of rotatable bonds is 3.